The maximum Gasteiger partial charge on any atom is 0.274 e. The fraction of sp³-hybridized carbons (Fsp3) is 0.500. The summed E-state index contributed by atoms with van der Waals surface area (Å²) < 4.78 is 20.5. The lowest BCUT2D eigenvalue weighted by atomic mass is 10.3. The lowest BCUT2D eigenvalue weighted by molar-refractivity contribution is -0.384. The Kier molecular flexibility index (Phi) is 7.24. The minimum Gasteiger partial charge on any atom is -0.491 e. The summed E-state index contributed by atoms with van der Waals surface area (Å²) in [5.74, 6) is 0.322. The van der Waals surface area contributed by atoms with Crippen LogP contribution in [0.1, 0.15) is 0 Å². The molecule has 0 radical (unpaired) electrons. The first kappa shape index (κ1) is 16.6. The summed E-state index contributed by atoms with van der Waals surface area (Å²) in [4.78, 5) is 10.1. The number of rotatable bonds is 9. The normalized spacial score (nSPS) is 10.8. The van der Waals surface area contributed by atoms with E-state index in [1.54, 1.807) is 0 Å². The quantitative estimate of drug-likeness (QED) is 0.301. The van der Waals surface area contributed by atoms with Gasteiger partial charge in [-0.05, 0) is 6.07 Å². The fourth-order valence-electron chi connectivity index (χ4n) is 1.37. The van der Waals surface area contributed by atoms with Crippen molar-refractivity contribution in [2.24, 2.45) is 0 Å². The Morgan fingerprint density at radius 1 is 1.25 bits per heavy atom. The van der Waals surface area contributed by atoms with Crippen molar-refractivity contribution in [1.82, 2.24) is 0 Å². The first-order valence-corrected chi connectivity index (χ1v) is 6.15. The smallest absolute Gasteiger partial charge is 0.274 e. The number of nitrogens with zero attached hydrogens (tertiary/aromatic N) is 1. The van der Waals surface area contributed by atoms with Crippen LogP contribution in [0.25, 0.3) is 0 Å². The van der Waals surface area contributed by atoms with E-state index in [0.29, 0.717) is 12.4 Å². The highest BCUT2D eigenvalue weighted by Crippen LogP contribution is 2.25. The van der Waals surface area contributed by atoms with Gasteiger partial charge in [-0.1, -0.05) is 11.6 Å². The third kappa shape index (κ3) is 5.70. The number of halogens is 1. The van der Waals surface area contributed by atoms with Gasteiger partial charge in [0.25, 0.3) is 5.69 Å². The van der Waals surface area contributed by atoms with Gasteiger partial charge in [0.15, 0.2) is 6.29 Å². The van der Waals surface area contributed by atoms with Crippen molar-refractivity contribution < 1.29 is 23.9 Å². The van der Waals surface area contributed by atoms with Gasteiger partial charge in [-0.2, -0.15) is 0 Å². The van der Waals surface area contributed by atoms with Gasteiger partial charge < -0.3 is 18.9 Å². The molecule has 0 heterocycles. The second-order valence-electron chi connectivity index (χ2n) is 3.73. The van der Waals surface area contributed by atoms with E-state index in [-0.39, 0.29) is 23.9 Å². The first-order chi connectivity index (χ1) is 9.56. The molecule has 0 fully saturated rings. The zero-order chi connectivity index (χ0) is 15.0. The van der Waals surface area contributed by atoms with E-state index in [2.05, 4.69) is 0 Å². The lowest BCUT2D eigenvalue weighted by Crippen LogP contribution is -2.21. The van der Waals surface area contributed by atoms with Crippen LogP contribution in [0.2, 0.25) is 5.02 Å². The molecule has 0 saturated carbocycles. The van der Waals surface area contributed by atoms with E-state index in [1.165, 1.54) is 32.4 Å². The van der Waals surface area contributed by atoms with Gasteiger partial charge in [0.1, 0.15) is 12.4 Å². The fourth-order valence-corrected chi connectivity index (χ4v) is 1.59. The Morgan fingerprint density at radius 3 is 2.55 bits per heavy atom. The summed E-state index contributed by atoms with van der Waals surface area (Å²) in [6, 6.07) is 4.06. The van der Waals surface area contributed by atoms with Crippen molar-refractivity contribution in [2.75, 3.05) is 34.0 Å². The largest absolute Gasteiger partial charge is 0.491 e. The Balaban J connectivity index is 2.37. The molecule has 0 N–H and O–H groups in total. The molecular formula is C12H16ClNO6. The Labute approximate surface area is 121 Å². The predicted molar refractivity (Wildman–Crippen MR) is 72.2 cm³/mol. The van der Waals surface area contributed by atoms with Crippen LogP contribution < -0.4 is 4.74 Å². The van der Waals surface area contributed by atoms with E-state index < -0.39 is 11.2 Å². The summed E-state index contributed by atoms with van der Waals surface area (Å²) in [5.41, 5.74) is -0.118. The molecular weight excluding hydrogens is 290 g/mol. The lowest BCUT2D eigenvalue weighted by Gasteiger charge is -2.13. The molecule has 0 unspecified atom stereocenters. The van der Waals surface area contributed by atoms with Crippen molar-refractivity contribution in [3.63, 3.8) is 0 Å². The van der Waals surface area contributed by atoms with Crippen molar-refractivity contribution in [1.29, 1.82) is 0 Å². The highest BCUT2D eigenvalue weighted by Gasteiger charge is 2.10. The Morgan fingerprint density at radius 2 is 1.95 bits per heavy atom. The SMILES string of the molecule is COC(COCCOc1cc(Cl)cc([N+](=O)[O-])c1)OC. The van der Waals surface area contributed by atoms with E-state index in [4.69, 9.17) is 30.5 Å². The van der Waals surface area contributed by atoms with Crippen LogP contribution in [-0.2, 0) is 14.2 Å². The number of nitro groups is 1. The van der Waals surface area contributed by atoms with Crippen LogP contribution in [0.5, 0.6) is 5.75 Å². The topological polar surface area (TPSA) is 80.1 Å². The molecule has 1 aromatic carbocycles. The zero-order valence-corrected chi connectivity index (χ0v) is 12.0. The van der Waals surface area contributed by atoms with Crippen LogP contribution in [0.4, 0.5) is 5.69 Å². The number of non-ortho nitro benzene ring substituents is 1. The van der Waals surface area contributed by atoms with Gasteiger partial charge in [-0.15, -0.1) is 0 Å². The molecule has 7 nitrogen and oxygen atoms in total. The second-order valence-corrected chi connectivity index (χ2v) is 4.16. The van der Waals surface area contributed by atoms with Gasteiger partial charge in [0, 0.05) is 20.3 Å². The van der Waals surface area contributed by atoms with Crippen molar-refractivity contribution in [3.8, 4) is 5.75 Å². The number of hydrogen-bond acceptors (Lipinski definition) is 6. The number of benzene rings is 1. The summed E-state index contributed by atoms with van der Waals surface area (Å²) in [6.07, 6.45) is -0.428. The van der Waals surface area contributed by atoms with Crippen LogP contribution in [0.15, 0.2) is 18.2 Å². The standard InChI is InChI=1S/C12H16ClNO6/c1-17-12(18-2)8-19-3-4-20-11-6-9(13)5-10(7-11)14(15)16/h5-7,12H,3-4,8H2,1-2H3. The van der Waals surface area contributed by atoms with E-state index >= 15 is 0 Å². The second kappa shape index (κ2) is 8.70. The van der Waals surface area contributed by atoms with Crippen molar-refractivity contribution in [3.05, 3.63) is 33.3 Å². The summed E-state index contributed by atoms with van der Waals surface area (Å²) in [5, 5.41) is 10.9. The van der Waals surface area contributed by atoms with Gasteiger partial charge in [-0.3, -0.25) is 10.1 Å². The maximum absolute atomic E-state index is 10.7. The summed E-state index contributed by atoms with van der Waals surface area (Å²) in [6.45, 7) is 0.799. The van der Waals surface area contributed by atoms with E-state index in [0.717, 1.165) is 0 Å². The number of ether oxygens (including phenoxy) is 4. The third-order valence-electron chi connectivity index (χ3n) is 2.34. The Hall–Kier alpha value is -1.41. The average molecular weight is 306 g/mol. The van der Waals surface area contributed by atoms with E-state index in [9.17, 15) is 10.1 Å². The third-order valence-corrected chi connectivity index (χ3v) is 2.56. The minimum absolute atomic E-state index is 0.118. The molecule has 0 aromatic heterocycles. The summed E-state index contributed by atoms with van der Waals surface area (Å²) >= 11 is 5.76. The van der Waals surface area contributed by atoms with Crippen molar-refractivity contribution in [2.45, 2.75) is 6.29 Å². The monoisotopic (exact) mass is 305 g/mol. The van der Waals surface area contributed by atoms with Gasteiger partial charge in [0.2, 0.25) is 0 Å². The van der Waals surface area contributed by atoms with Crippen LogP contribution in [-0.4, -0.2) is 45.3 Å². The molecule has 0 bridgehead atoms. The first-order valence-electron chi connectivity index (χ1n) is 5.78. The molecule has 8 heteroatoms. The number of hydrogen-bond donors (Lipinski definition) is 0. The summed E-state index contributed by atoms with van der Waals surface area (Å²) in [7, 11) is 3.03. The molecule has 1 aromatic rings. The highest BCUT2D eigenvalue weighted by molar-refractivity contribution is 6.30. The minimum atomic E-state index is -0.531. The van der Waals surface area contributed by atoms with Crippen LogP contribution in [0.3, 0.4) is 0 Å². The van der Waals surface area contributed by atoms with Gasteiger partial charge in [0.05, 0.1) is 29.2 Å². The molecule has 0 aliphatic heterocycles. The molecule has 20 heavy (non-hydrogen) atoms. The van der Waals surface area contributed by atoms with Gasteiger partial charge in [-0.25, -0.2) is 0 Å². The van der Waals surface area contributed by atoms with Crippen molar-refractivity contribution >= 4 is 17.3 Å². The Bertz CT molecular complexity index is 438. The van der Waals surface area contributed by atoms with Crippen LogP contribution >= 0.6 is 11.6 Å². The maximum atomic E-state index is 10.7. The molecule has 0 amide bonds. The zero-order valence-electron chi connectivity index (χ0n) is 11.2. The van der Waals surface area contributed by atoms with Crippen LogP contribution in [0, 0.1) is 10.1 Å². The molecule has 0 aliphatic carbocycles. The van der Waals surface area contributed by atoms with Gasteiger partial charge >= 0.3 is 0 Å². The molecule has 1 rings (SSSR count). The molecule has 112 valence electrons. The van der Waals surface area contributed by atoms with E-state index in [1.807, 2.05) is 0 Å². The number of methoxy groups -OCH3 is 2. The number of nitro benzene ring substituents is 1. The predicted octanol–water partition coefficient (Wildman–Crippen LogP) is 2.26. The average Bonchev–Trinajstić information content (AvgIpc) is 2.42. The molecule has 0 spiro atoms. The molecule has 0 atom stereocenters. The molecule has 0 saturated heterocycles. The molecule has 0 aliphatic rings. The highest BCUT2D eigenvalue weighted by atomic mass is 35.5.